The van der Waals surface area contributed by atoms with Crippen molar-refractivity contribution in [3.63, 3.8) is 0 Å². The molecule has 0 aliphatic carbocycles. The first kappa shape index (κ1) is 22.1. The minimum absolute atomic E-state index is 0.0763. The standard InChI is InChI=1S/C22H21FN2O5S/c1-29-20-12-11-19(14-21(20)30-2)31(27,28)25(18-9-4-3-5-10-18)15-22(26)24-17-8-6-7-16(23)13-17/h3-14H,15H2,1-2H3,(H,24,26). The number of methoxy groups -OCH3 is 2. The molecule has 0 heterocycles. The highest BCUT2D eigenvalue weighted by molar-refractivity contribution is 7.92. The number of carbonyl (C=O) groups excluding carboxylic acids is 1. The molecule has 1 N–H and O–H groups in total. The number of amides is 1. The molecule has 0 radical (unpaired) electrons. The molecule has 7 nitrogen and oxygen atoms in total. The third-order valence-electron chi connectivity index (χ3n) is 4.38. The van der Waals surface area contributed by atoms with E-state index >= 15 is 0 Å². The fourth-order valence-electron chi connectivity index (χ4n) is 2.91. The van der Waals surface area contributed by atoms with Gasteiger partial charge in [-0.05, 0) is 42.5 Å². The van der Waals surface area contributed by atoms with Crippen LogP contribution >= 0.6 is 0 Å². The molecule has 0 bridgehead atoms. The Balaban J connectivity index is 1.96. The summed E-state index contributed by atoms with van der Waals surface area (Å²) >= 11 is 0. The van der Waals surface area contributed by atoms with Gasteiger partial charge in [-0.1, -0.05) is 24.3 Å². The molecule has 0 aliphatic heterocycles. The van der Waals surface area contributed by atoms with E-state index in [0.717, 1.165) is 10.4 Å². The van der Waals surface area contributed by atoms with Gasteiger partial charge in [0.1, 0.15) is 12.4 Å². The van der Waals surface area contributed by atoms with Crippen molar-refractivity contribution in [2.75, 3.05) is 30.4 Å². The Bertz CT molecular complexity index is 1170. The van der Waals surface area contributed by atoms with Crippen LogP contribution in [0.4, 0.5) is 15.8 Å². The molecular weight excluding hydrogens is 423 g/mol. The Morgan fingerprint density at radius 3 is 2.29 bits per heavy atom. The predicted octanol–water partition coefficient (Wildman–Crippen LogP) is 3.68. The fourth-order valence-corrected chi connectivity index (χ4v) is 4.35. The van der Waals surface area contributed by atoms with Gasteiger partial charge in [-0.25, -0.2) is 12.8 Å². The number of benzene rings is 3. The van der Waals surface area contributed by atoms with Gasteiger partial charge in [-0.15, -0.1) is 0 Å². The summed E-state index contributed by atoms with van der Waals surface area (Å²) in [6, 6.07) is 17.7. The highest BCUT2D eigenvalue weighted by Gasteiger charge is 2.28. The molecule has 1 amide bonds. The maximum atomic E-state index is 13.4. The zero-order chi connectivity index (χ0) is 22.4. The summed E-state index contributed by atoms with van der Waals surface area (Å²) in [5.74, 6) is -0.536. The van der Waals surface area contributed by atoms with Gasteiger partial charge in [0.15, 0.2) is 11.5 Å². The van der Waals surface area contributed by atoms with Gasteiger partial charge in [-0.2, -0.15) is 0 Å². The minimum atomic E-state index is -4.14. The second-order valence-corrected chi connectivity index (χ2v) is 8.28. The van der Waals surface area contributed by atoms with Gasteiger partial charge in [0.2, 0.25) is 5.91 Å². The SMILES string of the molecule is COc1ccc(S(=O)(=O)N(CC(=O)Nc2cccc(F)c2)c2ccccc2)cc1OC. The van der Waals surface area contributed by atoms with E-state index in [2.05, 4.69) is 5.32 Å². The predicted molar refractivity (Wildman–Crippen MR) is 116 cm³/mol. The number of hydrogen-bond donors (Lipinski definition) is 1. The summed E-state index contributed by atoms with van der Waals surface area (Å²) in [4.78, 5) is 12.5. The first-order valence-electron chi connectivity index (χ1n) is 9.20. The topological polar surface area (TPSA) is 84.9 Å². The van der Waals surface area contributed by atoms with Crippen LogP contribution in [0.25, 0.3) is 0 Å². The van der Waals surface area contributed by atoms with Crippen LogP contribution in [0.2, 0.25) is 0 Å². The molecule has 0 aromatic heterocycles. The van der Waals surface area contributed by atoms with Crippen LogP contribution in [0.15, 0.2) is 77.7 Å². The largest absolute Gasteiger partial charge is 0.493 e. The number of nitrogens with zero attached hydrogens (tertiary/aromatic N) is 1. The Kier molecular flexibility index (Phi) is 6.76. The van der Waals surface area contributed by atoms with Crippen molar-refractivity contribution < 1.29 is 27.1 Å². The molecule has 31 heavy (non-hydrogen) atoms. The first-order valence-corrected chi connectivity index (χ1v) is 10.6. The highest BCUT2D eigenvalue weighted by atomic mass is 32.2. The normalized spacial score (nSPS) is 10.9. The van der Waals surface area contributed by atoms with Gasteiger partial charge in [-0.3, -0.25) is 9.10 Å². The first-order chi connectivity index (χ1) is 14.8. The molecule has 3 aromatic carbocycles. The van der Waals surface area contributed by atoms with Crippen LogP contribution in [0.5, 0.6) is 11.5 Å². The summed E-state index contributed by atoms with van der Waals surface area (Å²) in [6.45, 7) is -0.517. The number of ether oxygens (including phenoxy) is 2. The summed E-state index contributed by atoms with van der Waals surface area (Å²) in [7, 11) is -1.30. The molecule has 162 valence electrons. The number of anilines is 2. The van der Waals surface area contributed by atoms with Crippen molar-refractivity contribution in [2.45, 2.75) is 4.90 Å². The second-order valence-electron chi connectivity index (χ2n) is 6.42. The summed E-state index contributed by atoms with van der Waals surface area (Å²) in [5, 5.41) is 2.52. The van der Waals surface area contributed by atoms with Crippen molar-refractivity contribution >= 4 is 27.3 Å². The smallest absolute Gasteiger partial charge is 0.264 e. The second kappa shape index (κ2) is 9.48. The third kappa shape index (κ3) is 5.13. The van der Waals surface area contributed by atoms with Crippen LogP contribution in [0.1, 0.15) is 0 Å². The molecule has 9 heteroatoms. The van der Waals surface area contributed by atoms with E-state index in [1.165, 1.54) is 50.6 Å². The van der Waals surface area contributed by atoms with E-state index in [-0.39, 0.29) is 16.3 Å². The average Bonchev–Trinajstić information content (AvgIpc) is 2.77. The zero-order valence-electron chi connectivity index (χ0n) is 16.9. The van der Waals surface area contributed by atoms with Crippen molar-refractivity contribution in [1.82, 2.24) is 0 Å². The van der Waals surface area contributed by atoms with Crippen molar-refractivity contribution in [3.8, 4) is 11.5 Å². The van der Waals surface area contributed by atoms with E-state index in [4.69, 9.17) is 9.47 Å². The number of halogens is 1. The molecular formula is C22H21FN2O5S. The van der Waals surface area contributed by atoms with E-state index in [9.17, 15) is 17.6 Å². The van der Waals surface area contributed by atoms with Crippen molar-refractivity contribution in [2.24, 2.45) is 0 Å². The molecule has 0 spiro atoms. The van der Waals surface area contributed by atoms with E-state index in [1.54, 1.807) is 30.3 Å². The van der Waals surface area contributed by atoms with E-state index in [0.29, 0.717) is 11.4 Å². The number of sulfonamides is 1. The van der Waals surface area contributed by atoms with Crippen molar-refractivity contribution in [3.05, 3.63) is 78.6 Å². The fraction of sp³-hybridized carbons (Fsp3) is 0.136. The monoisotopic (exact) mass is 444 g/mol. The highest BCUT2D eigenvalue weighted by Crippen LogP contribution is 2.32. The zero-order valence-corrected chi connectivity index (χ0v) is 17.7. The van der Waals surface area contributed by atoms with Crippen LogP contribution < -0.4 is 19.1 Å². The van der Waals surface area contributed by atoms with Gasteiger partial charge >= 0.3 is 0 Å². The van der Waals surface area contributed by atoms with Gasteiger partial charge < -0.3 is 14.8 Å². The lowest BCUT2D eigenvalue weighted by atomic mass is 10.3. The van der Waals surface area contributed by atoms with Gasteiger partial charge in [0.05, 0.1) is 24.8 Å². The minimum Gasteiger partial charge on any atom is -0.493 e. The molecule has 0 fully saturated rings. The van der Waals surface area contributed by atoms with Crippen LogP contribution in [0.3, 0.4) is 0 Å². The number of carbonyl (C=O) groups is 1. The maximum absolute atomic E-state index is 13.4. The number of nitrogens with one attached hydrogen (secondary N) is 1. The Morgan fingerprint density at radius 2 is 1.65 bits per heavy atom. The summed E-state index contributed by atoms with van der Waals surface area (Å²) in [6.07, 6.45) is 0. The number of para-hydroxylation sites is 1. The molecule has 3 aromatic rings. The lowest BCUT2D eigenvalue weighted by molar-refractivity contribution is -0.114. The van der Waals surface area contributed by atoms with Gasteiger partial charge in [0, 0.05) is 11.8 Å². The van der Waals surface area contributed by atoms with Crippen LogP contribution in [0, 0.1) is 5.82 Å². The molecule has 0 aliphatic rings. The number of rotatable bonds is 8. The average molecular weight is 444 g/mol. The van der Waals surface area contributed by atoms with Gasteiger partial charge in [0.25, 0.3) is 10.0 Å². The lowest BCUT2D eigenvalue weighted by Crippen LogP contribution is -2.38. The quantitative estimate of drug-likeness (QED) is 0.573. The number of hydrogen-bond acceptors (Lipinski definition) is 5. The Morgan fingerprint density at radius 1 is 0.935 bits per heavy atom. The van der Waals surface area contributed by atoms with E-state index in [1.807, 2.05) is 0 Å². The Hall–Kier alpha value is -3.59. The summed E-state index contributed by atoms with van der Waals surface area (Å²) < 4.78 is 51.6. The molecule has 0 saturated heterocycles. The third-order valence-corrected chi connectivity index (χ3v) is 6.15. The van der Waals surface area contributed by atoms with Crippen molar-refractivity contribution in [1.29, 1.82) is 0 Å². The van der Waals surface area contributed by atoms with Crippen LogP contribution in [-0.4, -0.2) is 35.1 Å². The van der Waals surface area contributed by atoms with Crippen LogP contribution in [-0.2, 0) is 14.8 Å². The van der Waals surface area contributed by atoms with E-state index < -0.39 is 28.3 Å². The molecule has 0 unspecified atom stereocenters. The summed E-state index contributed by atoms with van der Waals surface area (Å²) in [5.41, 5.74) is 0.521. The molecule has 3 rings (SSSR count). The molecule has 0 saturated carbocycles. The lowest BCUT2D eigenvalue weighted by Gasteiger charge is -2.24. The Labute approximate surface area is 180 Å². The molecule has 0 atom stereocenters. The maximum Gasteiger partial charge on any atom is 0.264 e.